The lowest BCUT2D eigenvalue weighted by atomic mass is 10.2. The summed E-state index contributed by atoms with van der Waals surface area (Å²) >= 11 is 0. The van der Waals surface area contributed by atoms with Crippen molar-refractivity contribution in [3.05, 3.63) is 23.8 Å². The Morgan fingerprint density at radius 1 is 1.39 bits per heavy atom. The first-order valence-corrected chi connectivity index (χ1v) is 5.80. The number of carbonyl (C=O) groups is 1. The molecule has 1 rings (SSSR count). The summed E-state index contributed by atoms with van der Waals surface area (Å²) in [5.41, 5.74) is 6.42. The van der Waals surface area contributed by atoms with E-state index in [1.807, 2.05) is 14.1 Å². The second-order valence-corrected chi connectivity index (χ2v) is 4.25. The Morgan fingerprint density at radius 2 is 2.11 bits per heavy atom. The van der Waals surface area contributed by atoms with Gasteiger partial charge in [0.25, 0.3) is 0 Å². The van der Waals surface area contributed by atoms with Crippen molar-refractivity contribution in [1.29, 1.82) is 0 Å². The molecule has 0 aliphatic carbocycles. The summed E-state index contributed by atoms with van der Waals surface area (Å²) < 4.78 is 10.2. The fraction of sp³-hybridized carbons (Fsp3) is 0.462. The Balaban J connectivity index is 2.59. The van der Waals surface area contributed by atoms with Crippen LogP contribution in [0.25, 0.3) is 0 Å². The summed E-state index contributed by atoms with van der Waals surface area (Å²) in [4.78, 5) is 13.5. The first kappa shape index (κ1) is 14.3. The standard InChI is InChI=1S/C13H20N2O3/c1-15(2)7-4-8-18-10-5-6-12(14)11(9-10)13(16)17-3/h5-6,9H,4,7-8,14H2,1-3H3. The van der Waals surface area contributed by atoms with Gasteiger partial charge in [-0.1, -0.05) is 0 Å². The van der Waals surface area contributed by atoms with Crippen LogP contribution in [-0.4, -0.2) is 45.2 Å². The molecule has 5 nitrogen and oxygen atoms in total. The first-order chi connectivity index (χ1) is 8.54. The molecule has 0 atom stereocenters. The van der Waals surface area contributed by atoms with E-state index in [0.717, 1.165) is 13.0 Å². The van der Waals surface area contributed by atoms with E-state index in [-0.39, 0.29) is 0 Å². The minimum Gasteiger partial charge on any atom is -0.494 e. The molecule has 0 aliphatic heterocycles. The zero-order valence-corrected chi connectivity index (χ0v) is 11.1. The van der Waals surface area contributed by atoms with Gasteiger partial charge in [-0.2, -0.15) is 0 Å². The highest BCUT2D eigenvalue weighted by Crippen LogP contribution is 2.20. The number of ether oxygens (including phenoxy) is 2. The highest BCUT2D eigenvalue weighted by atomic mass is 16.5. The van der Waals surface area contributed by atoms with Gasteiger partial charge in [-0.3, -0.25) is 0 Å². The smallest absolute Gasteiger partial charge is 0.340 e. The van der Waals surface area contributed by atoms with Crippen molar-refractivity contribution in [2.45, 2.75) is 6.42 Å². The Bertz CT molecular complexity index is 405. The summed E-state index contributed by atoms with van der Waals surface area (Å²) in [7, 11) is 5.35. The predicted molar refractivity (Wildman–Crippen MR) is 70.9 cm³/mol. The van der Waals surface area contributed by atoms with E-state index >= 15 is 0 Å². The Morgan fingerprint density at radius 3 is 2.72 bits per heavy atom. The zero-order valence-electron chi connectivity index (χ0n) is 11.1. The van der Waals surface area contributed by atoms with Gasteiger partial charge in [-0.25, -0.2) is 4.79 Å². The molecular formula is C13H20N2O3. The van der Waals surface area contributed by atoms with Crippen LogP contribution in [0.5, 0.6) is 5.75 Å². The van der Waals surface area contributed by atoms with E-state index in [4.69, 9.17) is 10.5 Å². The molecule has 0 fully saturated rings. The van der Waals surface area contributed by atoms with Gasteiger partial charge >= 0.3 is 5.97 Å². The highest BCUT2D eigenvalue weighted by Gasteiger charge is 2.11. The molecule has 18 heavy (non-hydrogen) atoms. The van der Waals surface area contributed by atoms with E-state index < -0.39 is 5.97 Å². The molecule has 2 N–H and O–H groups in total. The van der Waals surface area contributed by atoms with E-state index in [0.29, 0.717) is 23.6 Å². The monoisotopic (exact) mass is 252 g/mol. The van der Waals surface area contributed by atoms with Crippen LogP contribution in [0.2, 0.25) is 0 Å². The van der Waals surface area contributed by atoms with Crippen molar-refractivity contribution < 1.29 is 14.3 Å². The fourth-order valence-corrected chi connectivity index (χ4v) is 1.48. The van der Waals surface area contributed by atoms with Gasteiger partial charge in [0.15, 0.2) is 0 Å². The van der Waals surface area contributed by atoms with Crippen molar-refractivity contribution in [3.8, 4) is 5.75 Å². The molecule has 0 amide bonds. The van der Waals surface area contributed by atoms with Gasteiger partial charge in [0, 0.05) is 12.2 Å². The van der Waals surface area contributed by atoms with Crippen LogP contribution in [0.3, 0.4) is 0 Å². The SMILES string of the molecule is COC(=O)c1cc(OCCCN(C)C)ccc1N. The molecule has 0 aromatic heterocycles. The van der Waals surface area contributed by atoms with Crippen LogP contribution in [0.1, 0.15) is 16.8 Å². The topological polar surface area (TPSA) is 64.8 Å². The summed E-state index contributed by atoms with van der Waals surface area (Å²) in [6.07, 6.45) is 0.922. The molecule has 0 bridgehead atoms. The molecule has 0 heterocycles. The third-order valence-corrected chi connectivity index (χ3v) is 2.45. The molecule has 0 spiro atoms. The van der Waals surface area contributed by atoms with Crippen LogP contribution in [0, 0.1) is 0 Å². The third kappa shape index (κ3) is 4.25. The van der Waals surface area contributed by atoms with Crippen LogP contribution in [-0.2, 0) is 4.74 Å². The van der Waals surface area contributed by atoms with Gasteiger partial charge in [-0.15, -0.1) is 0 Å². The van der Waals surface area contributed by atoms with Crippen molar-refractivity contribution in [1.82, 2.24) is 4.90 Å². The summed E-state index contributed by atoms with van der Waals surface area (Å²) in [6.45, 7) is 1.56. The second kappa shape index (κ2) is 6.86. The van der Waals surface area contributed by atoms with Gasteiger partial charge in [0.1, 0.15) is 5.75 Å². The lowest BCUT2D eigenvalue weighted by molar-refractivity contribution is 0.0601. The minimum absolute atomic E-state index is 0.336. The van der Waals surface area contributed by atoms with Crippen molar-refractivity contribution >= 4 is 11.7 Å². The predicted octanol–water partition coefficient (Wildman–Crippen LogP) is 1.39. The number of anilines is 1. The minimum atomic E-state index is -0.453. The largest absolute Gasteiger partial charge is 0.494 e. The Labute approximate surface area is 107 Å². The van der Waals surface area contributed by atoms with E-state index in [1.54, 1.807) is 18.2 Å². The van der Waals surface area contributed by atoms with Crippen LogP contribution in [0.15, 0.2) is 18.2 Å². The van der Waals surface area contributed by atoms with Crippen molar-refractivity contribution in [2.24, 2.45) is 0 Å². The number of hydrogen-bond donors (Lipinski definition) is 1. The van der Waals surface area contributed by atoms with E-state index in [1.165, 1.54) is 7.11 Å². The molecular weight excluding hydrogens is 232 g/mol. The third-order valence-electron chi connectivity index (χ3n) is 2.45. The maximum atomic E-state index is 11.4. The van der Waals surface area contributed by atoms with Gasteiger partial charge in [0.05, 0.1) is 19.3 Å². The van der Waals surface area contributed by atoms with Crippen molar-refractivity contribution in [3.63, 3.8) is 0 Å². The number of methoxy groups -OCH3 is 1. The average Bonchev–Trinajstić information content (AvgIpc) is 2.35. The van der Waals surface area contributed by atoms with Gasteiger partial charge < -0.3 is 20.1 Å². The maximum Gasteiger partial charge on any atom is 0.340 e. The quantitative estimate of drug-likeness (QED) is 0.471. The lowest BCUT2D eigenvalue weighted by Crippen LogP contribution is -2.15. The van der Waals surface area contributed by atoms with Crippen LogP contribution < -0.4 is 10.5 Å². The molecule has 0 aliphatic rings. The molecule has 0 saturated heterocycles. The summed E-state index contributed by atoms with van der Waals surface area (Å²) in [5, 5.41) is 0. The zero-order chi connectivity index (χ0) is 13.5. The molecule has 0 radical (unpaired) electrons. The average molecular weight is 252 g/mol. The maximum absolute atomic E-state index is 11.4. The Hall–Kier alpha value is -1.75. The molecule has 100 valence electrons. The molecule has 1 aromatic rings. The van der Waals surface area contributed by atoms with Gasteiger partial charge in [-0.05, 0) is 38.7 Å². The number of hydrogen-bond acceptors (Lipinski definition) is 5. The normalized spacial score (nSPS) is 10.4. The summed E-state index contributed by atoms with van der Waals surface area (Å²) in [5.74, 6) is 0.176. The van der Waals surface area contributed by atoms with Gasteiger partial charge in [0.2, 0.25) is 0 Å². The number of rotatable bonds is 6. The number of nitrogens with zero attached hydrogens (tertiary/aromatic N) is 1. The van der Waals surface area contributed by atoms with E-state index in [9.17, 15) is 4.79 Å². The Kier molecular flexibility index (Phi) is 5.45. The number of nitrogens with two attached hydrogens (primary N) is 1. The summed E-state index contributed by atoms with van der Waals surface area (Å²) in [6, 6.07) is 5.00. The molecule has 5 heteroatoms. The highest BCUT2D eigenvalue weighted by molar-refractivity contribution is 5.95. The number of nitrogen functional groups attached to an aromatic ring is 1. The molecule has 0 saturated carbocycles. The number of benzene rings is 1. The number of esters is 1. The van der Waals surface area contributed by atoms with E-state index in [2.05, 4.69) is 9.64 Å². The number of carbonyl (C=O) groups excluding carboxylic acids is 1. The molecule has 1 aromatic carbocycles. The fourth-order valence-electron chi connectivity index (χ4n) is 1.48. The van der Waals surface area contributed by atoms with Crippen LogP contribution in [0.4, 0.5) is 5.69 Å². The van der Waals surface area contributed by atoms with Crippen molar-refractivity contribution in [2.75, 3.05) is 40.1 Å². The molecule has 0 unspecified atom stereocenters. The van der Waals surface area contributed by atoms with Crippen LogP contribution >= 0.6 is 0 Å². The second-order valence-electron chi connectivity index (χ2n) is 4.25. The lowest BCUT2D eigenvalue weighted by Gasteiger charge is -2.11. The first-order valence-electron chi connectivity index (χ1n) is 5.80.